The van der Waals surface area contributed by atoms with Gasteiger partial charge in [0.2, 0.25) is 0 Å². The van der Waals surface area contributed by atoms with E-state index >= 15 is 0 Å². The second kappa shape index (κ2) is 7.50. The molecule has 0 bridgehead atoms. The zero-order valence-corrected chi connectivity index (χ0v) is 15.8. The van der Waals surface area contributed by atoms with Crippen molar-refractivity contribution in [1.29, 1.82) is 0 Å². The van der Waals surface area contributed by atoms with Crippen molar-refractivity contribution >= 4 is 44.3 Å². The third kappa shape index (κ3) is 4.45. The van der Waals surface area contributed by atoms with Crippen molar-refractivity contribution in [3.05, 3.63) is 52.8 Å². The molecular formula is C18H18N6O2S. The van der Waals surface area contributed by atoms with E-state index in [9.17, 15) is 9.59 Å². The third-order valence-corrected chi connectivity index (χ3v) is 4.53. The highest BCUT2D eigenvalue weighted by atomic mass is 32.1. The lowest BCUT2D eigenvalue weighted by atomic mass is 10.1. The highest BCUT2D eigenvalue weighted by Crippen LogP contribution is 2.26. The van der Waals surface area contributed by atoms with Gasteiger partial charge in [-0.1, -0.05) is 17.4 Å². The van der Waals surface area contributed by atoms with Gasteiger partial charge in [0.25, 0.3) is 5.91 Å². The van der Waals surface area contributed by atoms with Crippen LogP contribution >= 0.6 is 11.3 Å². The zero-order chi connectivity index (χ0) is 19.6. The van der Waals surface area contributed by atoms with Crippen LogP contribution in [0.5, 0.6) is 0 Å². The van der Waals surface area contributed by atoms with Crippen molar-refractivity contribution in [1.82, 2.24) is 15.4 Å². The number of hydrazone groups is 1. The molecule has 0 aliphatic rings. The van der Waals surface area contributed by atoms with Crippen LogP contribution in [0.4, 0.5) is 9.93 Å². The quantitative estimate of drug-likeness (QED) is 0.474. The van der Waals surface area contributed by atoms with E-state index in [1.165, 1.54) is 11.3 Å². The molecule has 0 radical (unpaired) electrons. The minimum Gasteiger partial charge on any atom is -0.350 e. The Balaban J connectivity index is 1.94. The van der Waals surface area contributed by atoms with Gasteiger partial charge in [-0.15, -0.1) is 0 Å². The molecule has 2 heterocycles. The molecule has 0 aliphatic heterocycles. The summed E-state index contributed by atoms with van der Waals surface area (Å²) in [6.07, 6.45) is 0. The Morgan fingerprint density at radius 1 is 1.07 bits per heavy atom. The monoisotopic (exact) mass is 382 g/mol. The number of pyridine rings is 1. The molecule has 1 aromatic carbocycles. The first-order chi connectivity index (χ1) is 12.8. The number of fused-ring (bicyclic) bond motifs is 1. The van der Waals surface area contributed by atoms with Gasteiger partial charge in [-0.3, -0.25) is 15.1 Å². The summed E-state index contributed by atoms with van der Waals surface area (Å²) in [5, 5.41) is 6.98. The molecule has 8 nitrogen and oxygen atoms in total. The molecular weight excluding hydrogens is 364 g/mol. The number of hydrogen-bond acceptors (Lipinski definition) is 6. The maximum atomic E-state index is 12.8. The van der Waals surface area contributed by atoms with E-state index in [-0.39, 0.29) is 5.71 Å². The van der Waals surface area contributed by atoms with Crippen molar-refractivity contribution < 1.29 is 9.59 Å². The van der Waals surface area contributed by atoms with Crippen LogP contribution in [0, 0.1) is 20.8 Å². The minimum absolute atomic E-state index is 0.0592. The first-order valence-electron chi connectivity index (χ1n) is 8.09. The fourth-order valence-corrected chi connectivity index (χ4v) is 3.50. The molecule has 27 heavy (non-hydrogen) atoms. The molecule has 4 N–H and O–H groups in total. The molecule has 9 heteroatoms. The molecule has 3 rings (SSSR count). The summed E-state index contributed by atoms with van der Waals surface area (Å²) in [4.78, 5) is 32.6. The standard InChI is InChI=1S/C18H18N6O2S/c1-9-4-5-12-14(8-9)27-18(21-12)22-16(25)15(23-24-17(19)26)13-7-10(2)6-11(3)20-13/h4-8H,1-3H3,(H3,19,24,26)(H,21,22,25)/b23-15-. The predicted octanol–water partition coefficient (Wildman–Crippen LogP) is 2.63. The van der Waals surface area contributed by atoms with Crippen LogP contribution < -0.4 is 16.5 Å². The Morgan fingerprint density at radius 3 is 2.56 bits per heavy atom. The number of benzene rings is 1. The van der Waals surface area contributed by atoms with Crippen LogP contribution in [-0.2, 0) is 4.79 Å². The molecule has 0 saturated heterocycles. The summed E-state index contributed by atoms with van der Waals surface area (Å²) in [6, 6.07) is 8.55. The van der Waals surface area contributed by atoms with Gasteiger partial charge < -0.3 is 5.73 Å². The smallest absolute Gasteiger partial charge is 0.332 e. The lowest BCUT2D eigenvalue weighted by Gasteiger charge is -2.07. The van der Waals surface area contributed by atoms with Crippen LogP contribution in [0.25, 0.3) is 10.2 Å². The zero-order valence-electron chi connectivity index (χ0n) is 15.0. The van der Waals surface area contributed by atoms with Crippen molar-refractivity contribution in [3.63, 3.8) is 0 Å². The van der Waals surface area contributed by atoms with Crippen LogP contribution in [0.15, 0.2) is 35.4 Å². The van der Waals surface area contributed by atoms with E-state index in [2.05, 4.69) is 25.8 Å². The SMILES string of the molecule is Cc1cc(C)nc(/C(=N/NC(N)=O)C(=O)Nc2nc3ccc(C)cc3s2)c1. The number of hydrogen-bond donors (Lipinski definition) is 3. The van der Waals surface area contributed by atoms with Crippen LogP contribution in [0.2, 0.25) is 0 Å². The predicted molar refractivity (Wildman–Crippen MR) is 106 cm³/mol. The summed E-state index contributed by atoms with van der Waals surface area (Å²) in [5.41, 5.74) is 11.0. The van der Waals surface area contributed by atoms with Gasteiger partial charge in [-0.25, -0.2) is 15.2 Å². The average Bonchev–Trinajstić information content (AvgIpc) is 2.95. The molecule has 3 amide bonds. The van der Waals surface area contributed by atoms with Gasteiger partial charge in [0.05, 0.1) is 15.9 Å². The highest BCUT2D eigenvalue weighted by Gasteiger charge is 2.19. The van der Waals surface area contributed by atoms with Crippen LogP contribution in [0.3, 0.4) is 0 Å². The number of carbonyl (C=O) groups is 2. The Hall–Kier alpha value is -3.33. The van der Waals surface area contributed by atoms with Crippen LogP contribution in [-0.4, -0.2) is 27.6 Å². The number of primary amides is 1. The number of rotatable bonds is 4. The largest absolute Gasteiger partial charge is 0.350 e. The van der Waals surface area contributed by atoms with E-state index in [4.69, 9.17) is 5.73 Å². The average molecular weight is 382 g/mol. The second-order valence-corrected chi connectivity index (χ2v) is 7.08. The first-order valence-corrected chi connectivity index (χ1v) is 8.91. The maximum absolute atomic E-state index is 12.8. The number of nitrogens with zero attached hydrogens (tertiary/aromatic N) is 3. The van der Waals surface area contributed by atoms with E-state index < -0.39 is 11.9 Å². The number of carbonyl (C=O) groups excluding carboxylic acids is 2. The summed E-state index contributed by atoms with van der Waals surface area (Å²) in [5.74, 6) is -0.544. The fourth-order valence-electron chi connectivity index (χ4n) is 2.54. The first kappa shape index (κ1) is 18.5. The number of aromatic nitrogens is 2. The topological polar surface area (TPSA) is 122 Å². The molecule has 0 spiro atoms. The molecule has 0 atom stereocenters. The molecule has 0 saturated carbocycles. The Labute approximate surface area is 159 Å². The minimum atomic E-state index is -0.875. The fraction of sp³-hybridized carbons (Fsp3) is 0.167. The van der Waals surface area contributed by atoms with E-state index in [1.807, 2.05) is 45.0 Å². The number of aryl methyl sites for hydroxylation is 3. The van der Waals surface area contributed by atoms with E-state index in [0.717, 1.165) is 27.0 Å². The van der Waals surface area contributed by atoms with Gasteiger partial charge in [-0.05, 0) is 56.2 Å². The number of urea groups is 1. The van der Waals surface area contributed by atoms with Gasteiger partial charge in [-0.2, -0.15) is 5.10 Å². The Kier molecular flexibility index (Phi) is 5.13. The molecule has 0 fully saturated rings. The number of thiazole rings is 1. The summed E-state index contributed by atoms with van der Waals surface area (Å²) in [6.45, 7) is 5.68. The molecule has 0 aliphatic carbocycles. The summed E-state index contributed by atoms with van der Waals surface area (Å²) < 4.78 is 0.962. The Bertz CT molecular complexity index is 1050. The van der Waals surface area contributed by atoms with Gasteiger partial charge in [0, 0.05) is 5.69 Å². The highest BCUT2D eigenvalue weighted by molar-refractivity contribution is 7.22. The summed E-state index contributed by atoms with van der Waals surface area (Å²) >= 11 is 1.35. The molecule has 3 aromatic rings. The van der Waals surface area contributed by atoms with Gasteiger partial charge in [0.15, 0.2) is 10.8 Å². The number of anilines is 1. The van der Waals surface area contributed by atoms with E-state index in [0.29, 0.717) is 10.8 Å². The number of nitrogens with two attached hydrogens (primary N) is 1. The lowest BCUT2D eigenvalue weighted by Crippen LogP contribution is -2.31. The van der Waals surface area contributed by atoms with Crippen molar-refractivity contribution in [3.8, 4) is 0 Å². The number of amides is 3. The third-order valence-electron chi connectivity index (χ3n) is 3.60. The van der Waals surface area contributed by atoms with Gasteiger partial charge in [0.1, 0.15) is 0 Å². The van der Waals surface area contributed by atoms with Crippen molar-refractivity contribution in [2.24, 2.45) is 10.8 Å². The normalized spacial score (nSPS) is 11.4. The Morgan fingerprint density at radius 2 is 1.85 bits per heavy atom. The molecule has 138 valence electrons. The van der Waals surface area contributed by atoms with Crippen molar-refractivity contribution in [2.45, 2.75) is 20.8 Å². The molecule has 2 aromatic heterocycles. The summed E-state index contributed by atoms with van der Waals surface area (Å²) in [7, 11) is 0. The number of nitrogens with one attached hydrogen (secondary N) is 2. The molecule has 0 unspecified atom stereocenters. The lowest BCUT2D eigenvalue weighted by molar-refractivity contribution is -0.110. The van der Waals surface area contributed by atoms with Gasteiger partial charge >= 0.3 is 6.03 Å². The van der Waals surface area contributed by atoms with Crippen LogP contribution in [0.1, 0.15) is 22.5 Å². The van der Waals surface area contributed by atoms with E-state index in [1.54, 1.807) is 6.07 Å². The van der Waals surface area contributed by atoms with Crippen molar-refractivity contribution in [2.75, 3.05) is 5.32 Å². The maximum Gasteiger partial charge on any atom is 0.332 e. The second-order valence-electron chi connectivity index (χ2n) is 6.05.